The van der Waals surface area contributed by atoms with E-state index in [0.717, 1.165) is 16.6 Å². The van der Waals surface area contributed by atoms with Crippen LogP contribution >= 0.6 is 15.9 Å². The van der Waals surface area contributed by atoms with Crippen LogP contribution in [0.4, 0.5) is 0 Å². The highest BCUT2D eigenvalue weighted by molar-refractivity contribution is 9.10. The SMILES string of the molecule is Brc1ccc(OCCOC2CCCc3ccccc32)cc1. The highest BCUT2D eigenvalue weighted by Gasteiger charge is 2.19. The second-order valence-corrected chi connectivity index (χ2v) is 6.17. The van der Waals surface area contributed by atoms with Crippen LogP contribution in [-0.4, -0.2) is 13.2 Å². The normalized spacial score (nSPS) is 17.3. The van der Waals surface area contributed by atoms with Gasteiger partial charge in [0.05, 0.1) is 12.7 Å². The van der Waals surface area contributed by atoms with Crippen LogP contribution in [0.3, 0.4) is 0 Å². The minimum atomic E-state index is 0.225. The van der Waals surface area contributed by atoms with E-state index in [9.17, 15) is 0 Å². The second kappa shape index (κ2) is 7.10. The highest BCUT2D eigenvalue weighted by Crippen LogP contribution is 2.32. The van der Waals surface area contributed by atoms with E-state index in [2.05, 4.69) is 40.2 Å². The maximum atomic E-state index is 6.02. The molecule has 0 saturated carbocycles. The first kappa shape index (κ1) is 14.6. The summed E-state index contributed by atoms with van der Waals surface area (Å²) in [6.07, 6.45) is 3.71. The fraction of sp³-hybridized carbons (Fsp3) is 0.333. The van der Waals surface area contributed by atoms with Gasteiger partial charge in [0, 0.05) is 4.47 Å². The van der Waals surface area contributed by atoms with Crippen LogP contribution < -0.4 is 4.74 Å². The summed E-state index contributed by atoms with van der Waals surface area (Å²) >= 11 is 3.41. The minimum absolute atomic E-state index is 0.225. The molecular weight excluding hydrogens is 328 g/mol. The van der Waals surface area contributed by atoms with Crippen LogP contribution in [0.5, 0.6) is 5.75 Å². The summed E-state index contributed by atoms with van der Waals surface area (Å²) in [4.78, 5) is 0. The van der Waals surface area contributed by atoms with E-state index in [1.165, 1.54) is 24.0 Å². The third-order valence-corrected chi connectivity index (χ3v) is 4.33. The summed E-state index contributed by atoms with van der Waals surface area (Å²) in [5.74, 6) is 0.880. The first-order valence-electron chi connectivity index (χ1n) is 7.41. The van der Waals surface area contributed by atoms with Crippen molar-refractivity contribution in [1.82, 2.24) is 0 Å². The number of fused-ring (bicyclic) bond motifs is 1. The molecule has 3 heteroatoms. The lowest BCUT2D eigenvalue weighted by Crippen LogP contribution is -2.16. The van der Waals surface area contributed by atoms with Gasteiger partial charge in [-0.25, -0.2) is 0 Å². The molecule has 0 aromatic heterocycles. The third-order valence-electron chi connectivity index (χ3n) is 3.80. The Morgan fingerprint density at radius 3 is 2.67 bits per heavy atom. The third kappa shape index (κ3) is 3.86. The Labute approximate surface area is 134 Å². The van der Waals surface area contributed by atoms with Gasteiger partial charge in [-0.3, -0.25) is 0 Å². The van der Waals surface area contributed by atoms with Gasteiger partial charge in [-0.2, -0.15) is 0 Å². The van der Waals surface area contributed by atoms with Crippen molar-refractivity contribution in [2.24, 2.45) is 0 Å². The number of hydrogen-bond donors (Lipinski definition) is 0. The molecule has 2 aromatic rings. The molecule has 21 heavy (non-hydrogen) atoms. The lowest BCUT2D eigenvalue weighted by Gasteiger charge is -2.25. The Morgan fingerprint density at radius 1 is 1.00 bits per heavy atom. The quantitative estimate of drug-likeness (QED) is 0.715. The van der Waals surface area contributed by atoms with Crippen molar-refractivity contribution in [1.29, 1.82) is 0 Å². The molecule has 1 aliphatic carbocycles. The average molecular weight is 347 g/mol. The molecule has 1 aliphatic rings. The minimum Gasteiger partial charge on any atom is -0.491 e. The predicted octanol–water partition coefficient (Wildman–Crippen LogP) is 4.92. The van der Waals surface area contributed by atoms with E-state index in [4.69, 9.17) is 9.47 Å². The van der Waals surface area contributed by atoms with Gasteiger partial charge >= 0.3 is 0 Å². The van der Waals surface area contributed by atoms with Crippen LogP contribution in [0, 0.1) is 0 Å². The molecule has 0 spiro atoms. The molecule has 0 saturated heterocycles. The van der Waals surface area contributed by atoms with Crippen molar-refractivity contribution in [3.63, 3.8) is 0 Å². The smallest absolute Gasteiger partial charge is 0.119 e. The zero-order valence-electron chi connectivity index (χ0n) is 11.9. The second-order valence-electron chi connectivity index (χ2n) is 5.25. The van der Waals surface area contributed by atoms with Crippen molar-refractivity contribution in [2.75, 3.05) is 13.2 Å². The fourth-order valence-corrected chi connectivity index (χ4v) is 3.03. The number of rotatable bonds is 5. The predicted molar refractivity (Wildman–Crippen MR) is 87.7 cm³/mol. The standard InChI is InChI=1S/C18H19BrO2/c19-15-8-10-16(11-9-15)20-12-13-21-18-7-3-5-14-4-1-2-6-17(14)18/h1-2,4,6,8-11,18H,3,5,7,12-13H2. The monoisotopic (exact) mass is 346 g/mol. The first-order chi connectivity index (χ1) is 10.3. The molecule has 1 atom stereocenters. The van der Waals surface area contributed by atoms with Gasteiger partial charge in [-0.15, -0.1) is 0 Å². The Bertz CT molecular complexity index is 580. The molecule has 0 bridgehead atoms. The Morgan fingerprint density at radius 2 is 1.81 bits per heavy atom. The molecular formula is C18H19BrO2. The molecule has 0 N–H and O–H groups in total. The lowest BCUT2D eigenvalue weighted by molar-refractivity contribution is 0.0229. The van der Waals surface area contributed by atoms with Gasteiger partial charge in [0.1, 0.15) is 12.4 Å². The van der Waals surface area contributed by atoms with Crippen molar-refractivity contribution in [3.05, 3.63) is 64.1 Å². The zero-order valence-corrected chi connectivity index (χ0v) is 13.5. The molecule has 0 amide bonds. The fourth-order valence-electron chi connectivity index (χ4n) is 2.76. The topological polar surface area (TPSA) is 18.5 Å². The van der Waals surface area contributed by atoms with Crippen LogP contribution in [0.25, 0.3) is 0 Å². The van der Waals surface area contributed by atoms with Crippen molar-refractivity contribution < 1.29 is 9.47 Å². The first-order valence-corrected chi connectivity index (χ1v) is 8.20. The van der Waals surface area contributed by atoms with E-state index in [1.807, 2.05) is 24.3 Å². The van der Waals surface area contributed by atoms with Crippen LogP contribution in [0.2, 0.25) is 0 Å². The van der Waals surface area contributed by atoms with Gasteiger partial charge in [0.25, 0.3) is 0 Å². The molecule has 1 unspecified atom stereocenters. The van der Waals surface area contributed by atoms with Crippen LogP contribution in [0.1, 0.15) is 30.1 Å². The molecule has 2 aromatic carbocycles. The van der Waals surface area contributed by atoms with E-state index in [1.54, 1.807) is 0 Å². The van der Waals surface area contributed by atoms with Crippen molar-refractivity contribution in [3.8, 4) is 5.75 Å². The van der Waals surface area contributed by atoms with Gasteiger partial charge in [-0.05, 0) is 54.7 Å². The maximum Gasteiger partial charge on any atom is 0.119 e. The van der Waals surface area contributed by atoms with E-state index < -0.39 is 0 Å². The van der Waals surface area contributed by atoms with Crippen molar-refractivity contribution in [2.45, 2.75) is 25.4 Å². The molecule has 3 rings (SSSR count). The molecule has 0 heterocycles. The largest absolute Gasteiger partial charge is 0.491 e. The summed E-state index contributed by atoms with van der Waals surface area (Å²) in [6, 6.07) is 16.5. The average Bonchev–Trinajstić information content (AvgIpc) is 2.53. The van der Waals surface area contributed by atoms with Gasteiger partial charge < -0.3 is 9.47 Å². The summed E-state index contributed by atoms with van der Waals surface area (Å²) in [5, 5.41) is 0. The number of hydrogen-bond acceptors (Lipinski definition) is 2. The van der Waals surface area contributed by atoms with Gasteiger partial charge in [0.15, 0.2) is 0 Å². The van der Waals surface area contributed by atoms with Crippen LogP contribution in [0.15, 0.2) is 53.0 Å². The van der Waals surface area contributed by atoms with Gasteiger partial charge in [-0.1, -0.05) is 40.2 Å². The van der Waals surface area contributed by atoms with Crippen molar-refractivity contribution >= 4 is 15.9 Å². The Hall–Kier alpha value is -1.32. The number of aryl methyl sites for hydroxylation is 1. The van der Waals surface area contributed by atoms with E-state index >= 15 is 0 Å². The summed E-state index contributed by atoms with van der Waals surface area (Å²) in [7, 11) is 0. The van der Waals surface area contributed by atoms with Gasteiger partial charge in [0.2, 0.25) is 0 Å². The summed E-state index contributed by atoms with van der Waals surface area (Å²) in [6.45, 7) is 1.20. The Kier molecular flexibility index (Phi) is 4.94. The van der Waals surface area contributed by atoms with E-state index in [0.29, 0.717) is 13.2 Å². The molecule has 0 radical (unpaired) electrons. The molecule has 0 fully saturated rings. The Balaban J connectivity index is 1.49. The number of ether oxygens (including phenoxy) is 2. The number of halogens is 1. The molecule has 2 nitrogen and oxygen atoms in total. The molecule has 0 aliphatic heterocycles. The lowest BCUT2D eigenvalue weighted by atomic mass is 9.89. The van der Waals surface area contributed by atoms with E-state index in [-0.39, 0.29) is 6.10 Å². The molecule has 110 valence electrons. The summed E-state index contributed by atoms with van der Waals surface area (Å²) < 4.78 is 12.8. The van der Waals surface area contributed by atoms with Crippen LogP contribution in [-0.2, 0) is 11.2 Å². The summed E-state index contributed by atoms with van der Waals surface area (Å²) in [5.41, 5.74) is 2.79. The maximum absolute atomic E-state index is 6.02. The zero-order chi connectivity index (χ0) is 14.5. The highest BCUT2D eigenvalue weighted by atomic mass is 79.9. The number of benzene rings is 2.